The van der Waals surface area contributed by atoms with Gasteiger partial charge in [0.2, 0.25) is 5.95 Å². The van der Waals surface area contributed by atoms with Crippen LogP contribution in [0.1, 0.15) is 53.7 Å². The molecule has 0 radical (unpaired) electrons. The van der Waals surface area contributed by atoms with Gasteiger partial charge in [-0.2, -0.15) is 4.98 Å². The summed E-state index contributed by atoms with van der Waals surface area (Å²) in [6.07, 6.45) is 1.12. The van der Waals surface area contributed by atoms with Crippen molar-refractivity contribution in [2.45, 2.75) is 78.0 Å². The lowest BCUT2D eigenvalue weighted by Gasteiger charge is -2.38. The van der Waals surface area contributed by atoms with Crippen molar-refractivity contribution in [1.29, 1.82) is 0 Å². The number of rotatable bonds is 11. The normalized spacial score (nSPS) is 20.8. The van der Waals surface area contributed by atoms with Crippen LogP contribution >= 0.6 is 8.30 Å². The fourth-order valence-electron chi connectivity index (χ4n) is 4.23. The van der Waals surface area contributed by atoms with Crippen LogP contribution < -0.4 is 15.7 Å². The third kappa shape index (κ3) is 7.30. The van der Waals surface area contributed by atoms with Gasteiger partial charge < -0.3 is 19.1 Å². The van der Waals surface area contributed by atoms with Gasteiger partial charge in [0.15, 0.2) is 0 Å². The highest BCUT2D eigenvalue weighted by molar-refractivity contribution is 7.50. The molecule has 36 heavy (non-hydrogen) atoms. The van der Waals surface area contributed by atoms with Crippen LogP contribution in [-0.4, -0.2) is 67.5 Å². The summed E-state index contributed by atoms with van der Waals surface area (Å²) in [4.78, 5) is 32.8. The van der Waals surface area contributed by atoms with E-state index in [0.717, 1.165) is 0 Å². The van der Waals surface area contributed by atoms with Crippen LogP contribution in [0, 0.1) is 0 Å². The number of aromatic nitrogens is 3. The summed E-state index contributed by atoms with van der Waals surface area (Å²) in [6.45, 7) is 10.5. The summed E-state index contributed by atoms with van der Waals surface area (Å²) < 4.78 is 21.4. The molecule has 198 valence electrons. The molecule has 2 heterocycles. The van der Waals surface area contributed by atoms with Crippen molar-refractivity contribution in [1.82, 2.24) is 19.2 Å². The monoisotopic (exact) mass is 521 g/mol. The summed E-state index contributed by atoms with van der Waals surface area (Å²) in [7, 11) is -1.06. The number of nitrogens with zero attached hydrogens (tertiary/aromatic N) is 4. The Kier molecular flexibility index (Phi) is 10.3. The van der Waals surface area contributed by atoms with Crippen molar-refractivity contribution in [3.05, 3.63) is 47.1 Å². The second kappa shape index (κ2) is 13.2. The van der Waals surface area contributed by atoms with Crippen LogP contribution in [0.4, 0.5) is 10.7 Å². The van der Waals surface area contributed by atoms with Gasteiger partial charge in [0.1, 0.15) is 26.6 Å². The first-order chi connectivity index (χ1) is 17.2. The minimum atomic E-state index is -1.06. The Morgan fingerprint density at radius 2 is 1.97 bits per heavy atom. The molecule has 11 nitrogen and oxygen atoms in total. The number of carbonyl (C=O) groups is 1. The number of nitrogens with one attached hydrogen (secondary N) is 1. The summed E-state index contributed by atoms with van der Waals surface area (Å²) in [6, 6.07) is 9.04. The second-order valence-corrected chi connectivity index (χ2v) is 10.8. The van der Waals surface area contributed by atoms with E-state index in [-0.39, 0.29) is 36.8 Å². The molecule has 1 fully saturated rings. The zero-order chi connectivity index (χ0) is 26.2. The zero-order valence-electron chi connectivity index (χ0n) is 21.4. The SMILES string of the molecule is CC[C@H]1O[C@@H](n2cnc(NC(=O)Oc3ccccc3)nc2=O)C[C@H]1OP(CCO)N(C(C)C)C(C)C. The fraction of sp³-hybridized carbons (Fsp3) is 0.583. The average Bonchev–Trinajstić information content (AvgIpc) is 3.22. The lowest BCUT2D eigenvalue weighted by molar-refractivity contribution is -0.0183. The maximum atomic E-state index is 12.7. The van der Waals surface area contributed by atoms with E-state index >= 15 is 0 Å². The van der Waals surface area contributed by atoms with Crippen molar-refractivity contribution >= 4 is 20.3 Å². The fourth-order valence-corrected chi connectivity index (χ4v) is 6.42. The molecule has 0 spiro atoms. The van der Waals surface area contributed by atoms with E-state index in [1.807, 2.05) is 6.92 Å². The summed E-state index contributed by atoms with van der Waals surface area (Å²) >= 11 is 0. The highest BCUT2D eigenvalue weighted by Crippen LogP contribution is 2.48. The molecule has 0 aliphatic carbocycles. The first kappa shape index (κ1) is 28.1. The number of amides is 1. The first-order valence-corrected chi connectivity index (χ1v) is 13.6. The minimum absolute atomic E-state index is 0.0317. The Morgan fingerprint density at radius 1 is 1.28 bits per heavy atom. The highest BCUT2D eigenvalue weighted by atomic mass is 31.2. The van der Waals surface area contributed by atoms with Gasteiger partial charge >= 0.3 is 11.8 Å². The predicted molar refractivity (Wildman–Crippen MR) is 137 cm³/mol. The Hall–Kier alpha value is -2.43. The Balaban J connectivity index is 1.69. The molecule has 1 aromatic heterocycles. The molecule has 3 rings (SSSR count). The smallest absolute Gasteiger partial charge is 0.410 e. The van der Waals surface area contributed by atoms with E-state index in [1.54, 1.807) is 30.3 Å². The zero-order valence-corrected chi connectivity index (χ0v) is 22.3. The van der Waals surface area contributed by atoms with Gasteiger partial charge in [-0.25, -0.2) is 14.6 Å². The molecule has 2 aromatic rings. The standard InChI is InChI=1S/C24H36N5O6P/c1-6-19-20(35-36(13-12-30)29(16(2)3)17(4)5)14-21(34-19)28-15-25-22(26-23(28)31)27-24(32)33-18-10-8-7-9-11-18/h7-11,15-17,19-21,30H,6,12-14H2,1-5H3,(H,26,27,31,32)/t19-,20-,21-,36?/m1/s1. The summed E-state index contributed by atoms with van der Waals surface area (Å²) in [5.74, 6) is 0.194. The number of ether oxygens (including phenoxy) is 2. The van der Waals surface area contributed by atoms with Crippen molar-refractivity contribution in [2.24, 2.45) is 0 Å². The third-order valence-electron chi connectivity index (χ3n) is 5.65. The number of aliphatic hydroxyl groups is 1. The maximum absolute atomic E-state index is 12.7. The van der Waals surface area contributed by atoms with E-state index < -0.39 is 26.3 Å². The molecular formula is C24H36N5O6P. The number of para-hydroxylation sites is 1. The topological polar surface area (TPSA) is 128 Å². The van der Waals surface area contributed by atoms with Gasteiger partial charge in [0.05, 0.1) is 18.8 Å². The quantitative estimate of drug-likeness (QED) is 0.425. The lowest BCUT2D eigenvalue weighted by atomic mass is 10.1. The molecule has 1 saturated heterocycles. The minimum Gasteiger partial charge on any atom is -0.410 e. The van der Waals surface area contributed by atoms with Crippen LogP contribution in [0.5, 0.6) is 5.75 Å². The van der Waals surface area contributed by atoms with Crippen LogP contribution in [0.3, 0.4) is 0 Å². The van der Waals surface area contributed by atoms with Crippen LogP contribution in [0.15, 0.2) is 41.5 Å². The first-order valence-electron chi connectivity index (χ1n) is 12.2. The Morgan fingerprint density at radius 3 is 2.56 bits per heavy atom. The Labute approximate surface area is 212 Å². The number of carbonyl (C=O) groups excluding carboxylic acids is 1. The summed E-state index contributed by atoms with van der Waals surface area (Å²) in [5.41, 5.74) is -0.607. The van der Waals surface area contributed by atoms with Crippen molar-refractivity contribution in [3.63, 3.8) is 0 Å². The molecule has 1 aliphatic heterocycles. The number of hydrogen-bond acceptors (Lipinski definition) is 9. The predicted octanol–water partition coefficient (Wildman–Crippen LogP) is 3.75. The molecule has 1 amide bonds. The molecule has 1 aliphatic rings. The van der Waals surface area contributed by atoms with Crippen LogP contribution in [0.25, 0.3) is 0 Å². The van der Waals surface area contributed by atoms with Gasteiger partial charge in [-0.1, -0.05) is 25.1 Å². The van der Waals surface area contributed by atoms with Gasteiger partial charge in [-0.15, -0.1) is 0 Å². The van der Waals surface area contributed by atoms with Crippen LogP contribution in [0.2, 0.25) is 0 Å². The highest BCUT2D eigenvalue weighted by Gasteiger charge is 2.39. The van der Waals surface area contributed by atoms with Crippen molar-refractivity contribution < 1.29 is 23.9 Å². The molecule has 1 unspecified atom stereocenters. The third-order valence-corrected chi connectivity index (χ3v) is 8.19. The molecule has 4 atom stereocenters. The van der Waals surface area contributed by atoms with E-state index in [2.05, 4.69) is 47.7 Å². The molecular weight excluding hydrogens is 485 g/mol. The van der Waals surface area contributed by atoms with Gasteiger partial charge in [-0.3, -0.25) is 14.6 Å². The Bertz CT molecular complexity index is 1030. The lowest BCUT2D eigenvalue weighted by Crippen LogP contribution is -2.36. The number of benzene rings is 1. The average molecular weight is 522 g/mol. The van der Waals surface area contributed by atoms with E-state index in [9.17, 15) is 14.7 Å². The van der Waals surface area contributed by atoms with E-state index in [1.165, 1.54) is 10.9 Å². The molecule has 12 heteroatoms. The van der Waals surface area contributed by atoms with Crippen molar-refractivity contribution in [3.8, 4) is 5.75 Å². The molecule has 2 N–H and O–H groups in total. The molecule has 0 bridgehead atoms. The van der Waals surface area contributed by atoms with E-state index in [0.29, 0.717) is 24.8 Å². The number of aliphatic hydroxyl groups excluding tert-OH is 1. The van der Waals surface area contributed by atoms with Crippen LogP contribution in [-0.2, 0) is 9.26 Å². The second-order valence-electron chi connectivity index (χ2n) is 8.98. The van der Waals surface area contributed by atoms with E-state index in [4.69, 9.17) is 14.0 Å². The molecule has 1 aromatic carbocycles. The van der Waals surface area contributed by atoms with Gasteiger partial charge in [0, 0.05) is 24.7 Å². The summed E-state index contributed by atoms with van der Waals surface area (Å²) in [5, 5.41) is 12.0. The largest absolute Gasteiger partial charge is 0.419 e. The van der Waals surface area contributed by atoms with Gasteiger partial charge in [0.25, 0.3) is 0 Å². The van der Waals surface area contributed by atoms with Gasteiger partial charge in [-0.05, 0) is 46.2 Å². The maximum Gasteiger partial charge on any atom is 0.419 e. The number of anilines is 1. The number of hydrogen-bond donors (Lipinski definition) is 2. The molecule has 0 saturated carbocycles. The van der Waals surface area contributed by atoms with Crippen molar-refractivity contribution in [2.75, 3.05) is 18.1 Å².